The molecule has 3 nitrogen and oxygen atoms in total. The Morgan fingerprint density at radius 2 is 1.60 bits per heavy atom. The highest BCUT2D eigenvalue weighted by atomic mass is 32.2. The van der Waals surface area contributed by atoms with Gasteiger partial charge in [0.2, 0.25) is 10.0 Å². The summed E-state index contributed by atoms with van der Waals surface area (Å²) >= 11 is 0. The quantitative estimate of drug-likeness (QED) is 0.782. The number of hydrogen-bond donors (Lipinski definition) is 0. The molecule has 1 heterocycles. The SMILES string of the molecule is Cc1ccc([C@H]2CCCCCN2S(=O)(=O)c2ccc(C)c(C)c2)cc1. The van der Waals surface area contributed by atoms with E-state index in [4.69, 9.17) is 0 Å². The third-order valence-electron chi connectivity index (χ3n) is 5.25. The Hall–Kier alpha value is -1.65. The van der Waals surface area contributed by atoms with Gasteiger partial charge in [0.1, 0.15) is 0 Å². The first kappa shape index (κ1) is 18.2. The maximum atomic E-state index is 13.4. The molecule has 25 heavy (non-hydrogen) atoms. The summed E-state index contributed by atoms with van der Waals surface area (Å²) in [4.78, 5) is 0.412. The van der Waals surface area contributed by atoms with Gasteiger partial charge in [-0.25, -0.2) is 8.42 Å². The fourth-order valence-corrected chi connectivity index (χ4v) is 5.27. The molecule has 134 valence electrons. The van der Waals surface area contributed by atoms with Crippen molar-refractivity contribution >= 4 is 10.0 Å². The number of sulfonamides is 1. The third-order valence-corrected chi connectivity index (χ3v) is 7.15. The van der Waals surface area contributed by atoms with Gasteiger partial charge in [0.15, 0.2) is 0 Å². The van der Waals surface area contributed by atoms with Crippen LogP contribution in [-0.2, 0) is 10.0 Å². The lowest BCUT2D eigenvalue weighted by molar-refractivity contribution is 0.329. The van der Waals surface area contributed by atoms with Crippen molar-refractivity contribution in [2.24, 2.45) is 0 Å². The van der Waals surface area contributed by atoms with Crippen molar-refractivity contribution in [3.05, 3.63) is 64.7 Å². The van der Waals surface area contributed by atoms with Crippen molar-refractivity contribution in [2.75, 3.05) is 6.54 Å². The van der Waals surface area contributed by atoms with Gasteiger partial charge in [-0.2, -0.15) is 4.31 Å². The molecule has 0 aromatic heterocycles. The van der Waals surface area contributed by atoms with Crippen molar-refractivity contribution in [3.8, 4) is 0 Å². The zero-order chi connectivity index (χ0) is 18.0. The highest BCUT2D eigenvalue weighted by Gasteiger charge is 2.33. The van der Waals surface area contributed by atoms with Crippen LogP contribution in [0, 0.1) is 20.8 Å². The molecule has 3 rings (SSSR count). The molecule has 1 aliphatic rings. The molecule has 0 radical (unpaired) electrons. The Bertz CT molecular complexity index is 841. The van der Waals surface area contributed by atoms with Crippen molar-refractivity contribution in [3.63, 3.8) is 0 Å². The highest BCUT2D eigenvalue weighted by molar-refractivity contribution is 7.89. The average Bonchev–Trinajstić information content (AvgIpc) is 2.84. The summed E-state index contributed by atoms with van der Waals surface area (Å²) in [5.74, 6) is 0. The van der Waals surface area contributed by atoms with E-state index in [1.54, 1.807) is 10.4 Å². The van der Waals surface area contributed by atoms with Crippen LogP contribution in [0.1, 0.15) is 54.0 Å². The van der Waals surface area contributed by atoms with Crippen LogP contribution in [0.4, 0.5) is 0 Å². The fourth-order valence-electron chi connectivity index (χ4n) is 3.50. The summed E-state index contributed by atoms with van der Waals surface area (Å²) in [6, 6.07) is 13.7. The first-order valence-corrected chi connectivity index (χ1v) is 10.5. The standard InChI is InChI=1S/C21H27NO2S/c1-16-8-11-19(12-9-16)21-7-5-4-6-14-22(21)25(23,24)20-13-10-17(2)18(3)15-20/h8-13,15,21H,4-7,14H2,1-3H3/t21-/m1/s1. The summed E-state index contributed by atoms with van der Waals surface area (Å²) in [7, 11) is -3.50. The molecule has 0 saturated carbocycles. The minimum absolute atomic E-state index is 0.0743. The molecule has 0 bridgehead atoms. The molecule has 1 aliphatic heterocycles. The molecule has 0 amide bonds. The summed E-state index contributed by atoms with van der Waals surface area (Å²) in [5, 5.41) is 0. The van der Waals surface area contributed by atoms with Crippen LogP contribution in [0.3, 0.4) is 0 Å². The van der Waals surface area contributed by atoms with E-state index in [1.165, 1.54) is 5.56 Å². The molecule has 2 aromatic rings. The highest BCUT2D eigenvalue weighted by Crippen LogP contribution is 2.35. The first-order chi connectivity index (χ1) is 11.9. The van der Waals surface area contributed by atoms with E-state index >= 15 is 0 Å². The maximum Gasteiger partial charge on any atom is 0.243 e. The lowest BCUT2D eigenvalue weighted by Gasteiger charge is -2.30. The number of aryl methyl sites for hydroxylation is 3. The van der Waals surface area contributed by atoms with Gasteiger partial charge in [-0.15, -0.1) is 0 Å². The number of hydrogen-bond acceptors (Lipinski definition) is 2. The minimum atomic E-state index is -3.50. The van der Waals surface area contributed by atoms with E-state index < -0.39 is 10.0 Å². The van der Waals surface area contributed by atoms with E-state index in [2.05, 4.69) is 31.2 Å². The molecular weight excluding hydrogens is 330 g/mol. The fraction of sp³-hybridized carbons (Fsp3) is 0.429. The second-order valence-electron chi connectivity index (χ2n) is 7.14. The van der Waals surface area contributed by atoms with Gasteiger partial charge in [0.05, 0.1) is 10.9 Å². The monoisotopic (exact) mass is 357 g/mol. The van der Waals surface area contributed by atoms with Gasteiger partial charge >= 0.3 is 0 Å². The summed E-state index contributed by atoms with van der Waals surface area (Å²) in [6.07, 6.45) is 3.96. The normalized spacial score (nSPS) is 19.6. The lowest BCUT2D eigenvalue weighted by atomic mass is 10.0. The van der Waals surface area contributed by atoms with Crippen molar-refractivity contribution in [1.29, 1.82) is 0 Å². The van der Waals surface area contributed by atoms with Crippen LogP contribution in [0.2, 0.25) is 0 Å². The van der Waals surface area contributed by atoms with Crippen LogP contribution in [0.15, 0.2) is 47.4 Å². The summed E-state index contributed by atoms with van der Waals surface area (Å²) in [6.45, 7) is 6.62. The molecular formula is C21H27NO2S. The molecule has 0 N–H and O–H groups in total. The van der Waals surface area contributed by atoms with Gasteiger partial charge in [-0.05, 0) is 62.4 Å². The smallest absolute Gasteiger partial charge is 0.207 e. The number of nitrogens with zero attached hydrogens (tertiary/aromatic N) is 1. The maximum absolute atomic E-state index is 13.4. The van der Waals surface area contributed by atoms with Crippen molar-refractivity contribution < 1.29 is 8.42 Å². The van der Waals surface area contributed by atoms with Crippen molar-refractivity contribution in [2.45, 2.75) is 57.4 Å². The van der Waals surface area contributed by atoms with E-state index in [0.717, 1.165) is 42.4 Å². The predicted octanol–water partition coefficient (Wildman–Crippen LogP) is 4.92. The van der Waals surface area contributed by atoms with Gasteiger partial charge in [-0.3, -0.25) is 0 Å². The van der Waals surface area contributed by atoms with E-state index in [9.17, 15) is 8.42 Å². The molecule has 1 atom stereocenters. The predicted molar refractivity (Wildman–Crippen MR) is 102 cm³/mol. The van der Waals surface area contributed by atoms with Gasteiger partial charge < -0.3 is 0 Å². The van der Waals surface area contributed by atoms with Crippen LogP contribution >= 0.6 is 0 Å². The number of rotatable bonds is 3. The first-order valence-electron chi connectivity index (χ1n) is 9.05. The largest absolute Gasteiger partial charge is 0.243 e. The van der Waals surface area contributed by atoms with Gasteiger partial charge in [-0.1, -0.05) is 48.7 Å². The lowest BCUT2D eigenvalue weighted by Crippen LogP contribution is -2.35. The van der Waals surface area contributed by atoms with Crippen LogP contribution in [0.5, 0.6) is 0 Å². The Balaban J connectivity index is 2.02. The second kappa shape index (κ2) is 7.30. The second-order valence-corrected chi connectivity index (χ2v) is 9.03. The Kier molecular flexibility index (Phi) is 5.30. The number of benzene rings is 2. The van der Waals surface area contributed by atoms with Crippen LogP contribution in [-0.4, -0.2) is 19.3 Å². The topological polar surface area (TPSA) is 37.4 Å². The molecule has 0 spiro atoms. The van der Waals surface area contributed by atoms with Gasteiger partial charge in [0, 0.05) is 6.54 Å². The van der Waals surface area contributed by atoms with Gasteiger partial charge in [0.25, 0.3) is 0 Å². The molecule has 1 saturated heterocycles. The summed E-state index contributed by atoms with van der Waals surface area (Å²) < 4.78 is 28.5. The van der Waals surface area contributed by atoms with Crippen LogP contribution in [0.25, 0.3) is 0 Å². The third kappa shape index (κ3) is 3.80. The molecule has 0 unspecified atom stereocenters. The van der Waals surface area contributed by atoms with E-state index in [1.807, 2.05) is 26.0 Å². The Labute approximate surface area is 151 Å². The van der Waals surface area contributed by atoms with E-state index in [0.29, 0.717) is 11.4 Å². The molecule has 2 aromatic carbocycles. The Morgan fingerprint density at radius 1 is 0.880 bits per heavy atom. The average molecular weight is 358 g/mol. The zero-order valence-electron chi connectivity index (χ0n) is 15.3. The molecule has 4 heteroatoms. The Morgan fingerprint density at radius 3 is 2.28 bits per heavy atom. The minimum Gasteiger partial charge on any atom is -0.207 e. The molecule has 0 aliphatic carbocycles. The zero-order valence-corrected chi connectivity index (χ0v) is 16.1. The summed E-state index contributed by atoms with van der Waals surface area (Å²) in [5.41, 5.74) is 4.42. The van der Waals surface area contributed by atoms with Crippen LogP contribution < -0.4 is 0 Å². The van der Waals surface area contributed by atoms with E-state index in [-0.39, 0.29) is 6.04 Å². The molecule has 1 fully saturated rings. The van der Waals surface area contributed by atoms with Crippen molar-refractivity contribution in [1.82, 2.24) is 4.31 Å².